The van der Waals surface area contributed by atoms with Gasteiger partial charge in [-0.2, -0.15) is 13.2 Å². The fourth-order valence-electron chi connectivity index (χ4n) is 2.60. The molecule has 6 nitrogen and oxygen atoms in total. The van der Waals surface area contributed by atoms with E-state index in [9.17, 15) is 27.6 Å². The Morgan fingerprint density at radius 1 is 1.19 bits per heavy atom. The molecule has 0 bridgehead atoms. The summed E-state index contributed by atoms with van der Waals surface area (Å²) in [6.07, 6.45) is -4.91. The molecule has 1 aliphatic heterocycles. The van der Waals surface area contributed by atoms with Crippen LogP contribution in [0.2, 0.25) is 10.0 Å². The number of hydrogen-bond acceptors (Lipinski definition) is 5. The van der Waals surface area contributed by atoms with E-state index in [4.69, 9.17) is 27.9 Å². The highest BCUT2D eigenvalue weighted by molar-refractivity contribution is 8.01. The molecule has 0 aliphatic carbocycles. The van der Waals surface area contributed by atoms with Gasteiger partial charge in [-0.15, -0.1) is 11.8 Å². The molecule has 31 heavy (non-hydrogen) atoms. The van der Waals surface area contributed by atoms with Crippen molar-refractivity contribution >= 4 is 64.1 Å². The molecule has 0 saturated carbocycles. The molecule has 1 atom stereocenters. The Balaban J connectivity index is 1.54. The smallest absolute Gasteiger partial charge is 0.416 e. The molecule has 1 aliphatic rings. The van der Waals surface area contributed by atoms with Crippen LogP contribution in [0.5, 0.6) is 0 Å². The maximum absolute atomic E-state index is 12.8. The lowest BCUT2D eigenvalue weighted by Crippen LogP contribution is -2.32. The van der Waals surface area contributed by atoms with E-state index in [1.807, 2.05) is 0 Å². The van der Waals surface area contributed by atoms with Crippen LogP contribution in [0.15, 0.2) is 41.3 Å². The van der Waals surface area contributed by atoms with Crippen molar-refractivity contribution in [3.8, 4) is 0 Å². The minimum absolute atomic E-state index is 0.0206. The van der Waals surface area contributed by atoms with Crippen molar-refractivity contribution in [2.75, 3.05) is 17.2 Å². The number of ether oxygens (including phenoxy) is 1. The Kier molecular flexibility index (Phi) is 7.03. The maximum Gasteiger partial charge on any atom is 0.416 e. The quantitative estimate of drug-likeness (QED) is 0.573. The van der Waals surface area contributed by atoms with Gasteiger partial charge in [-0.1, -0.05) is 29.3 Å². The number of carbonyl (C=O) groups is 3. The van der Waals surface area contributed by atoms with Crippen LogP contribution in [0.4, 0.5) is 24.5 Å². The third kappa shape index (κ3) is 5.84. The second-order valence-corrected chi connectivity index (χ2v) is 8.35. The van der Waals surface area contributed by atoms with Crippen LogP contribution in [0.25, 0.3) is 0 Å². The number of carbonyl (C=O) groups excluding carboxylic acids is 3. The third-order valence-electron chi connectivity index (χ3n) is 4.07. The van der Waals surface area contributed by atoms with Crippen LogP contribution < -0.4 is 10.6 Å². The average molecular weight is 493 g/mol. The molecule has 2 N–H and O–H groups in total. The second kappa shape index (κ2) is 9.37. The first-order valence-electron chi connectivity index (χ1n) is 8.63. The van der Waals surface area contributed by atoms with Gasteiger partial charge in [-0.05, 0) is 30.3 Å². The average Bonchev–Trinajstić information content (AvgIpc) is 2.69. The molecule has 12 heteroatoms. The van der Waals surface area contributed by atoms with Crippen molar-refractivity contribution in [1.29, 1.82) is 0 Å². The van der Waals surface area contributed by atoms with Gasteiger partial charge in [0.15, 0.2) is 6.61 Å². The van der Waals surface area contributed by atoms with Gasteiger partial charge in [0.05, 0.1) is 38.7 Å². The molecule has 2 aromatic rings. The zero-order valence-corrected chi connectivity index (χ0v) is 17.7. The molecule has 1 unspecified atom stereocenters. The summed E-state index contributed by atoms with van der Waals surface area (Å²) in [4.78, 5) is 36.6. The van der Waals surface area contributed by atoms with Gasteiger partial charge in [-0.25, -0.2) is 0 Å². The van der Waals surface area contributed by atoms with E-state index in [0.29, 0.717) is 4.90 Å². The number of hydrogen-bond donors (Lipinski definition) is 2. The Morgan fingerprint density at radius 2 is 1.94 bits per heavy atom. The molecule has 0 saturated heterocycles. The van der Waals surface area contributed by atoms with Gasteiger partial charge in [0, 0.05) is 4.90 Å². The minimum atomic E-state index is -4.54. The first-order chi connectivity index (χ1) is 14.5. The van der Waals surface area contributed by atoms with Crippen LogP contribution >= 0.6 is 35.0 Å². The second-order valence-electron chi connectivity index (χ2n) is 6.32. The highest BCUT2D eigenvalue weighted by atomic mass is 35.5. The van der Waals surface area contributed by atoms with Gasteiger partial charge in [-0.3, -0.25) is 14.4 Å². The number of fused-ring (bicyclic) bond motifs is 1. The van der Waals surface area contributed by atoms with Gasteiger partial charge >= 0.3 is 12.1 Å². The van der Waals surface area contributed by atoms with Crippen LogP contribution in [-0.2, 0) is 25.3 Å². The topological polar surface area (TPSA) is 84.5 Å². The number of esters is 1. The Labute approximate surface area is 188 Å². The van der Waals surface area contributed by atoms with Crippen LogP contribution in [0.3, 0.4) is 0 Å². The van der Waals surface area contributed by atoms with Gasteiger partial charge in [0.1, 0.15) is 0 Å². The first-order valence-corrected chi connectivity index (χ1v) is 10.3. The lowest BCUT2D eigenvalue weighted by Gasteiger charge is -2.24. The molecular weight excluding hydrogens is 480 g/mol. The predicted molar refractivity (Wildman–Crippen MR) is 110 cm³/mol. The zero-order chi connectivity index (χ0) is 22.8. The van der Waals surface area contributed by atoms with E-state index in [2.05, 4.69) is 10.6 Å². The van der Waals surface area contributed by atoms with Crippen LogP contribution in [0, 0.1) is 0 Å². The van der Waals surface area contributed by atoms with Gasteiger partial charge in [0.25, 0.3) is 5.91 Å². The number of anilines is 2. The van der Waals surface area contributed by atoms with Crippen LogP contribution in [0.1, 0.15) is 12.0 Å². The molecule has 0 fully saturated rings. The molecule has 0 radical (unpaired) electrons. The Morgan fingerprint density at radius 3 is 2.65 bits per heavy atom. The normalized spacial score (nSPS) is 15.6. The molecule has 2 amide bonds. The van der Waals surface area contributed by atoms with E-state index in [1.165, 1.54) is 18.2 Å². The summed E-state index contributed by atoms with van der Waals surface area (Å²) in [5.74, 6) is -2.12. The Bertz CT molecular complexity index is 1050. The lowest BCUT2D eigenvalue weighted by molar-refractivity contribution is -0.147. The third-order valence-corrected chi connectivity index (χ3v) is 6.16. The molecule has 1 heterocycles. The first kappa shape index (κ1) is 23.2. The number of alkyl halides is 3. The van der Waals surface area contributed by atoms with E-state index < -0.39 is 41.4 Å². The SMILES string of the molecule is O=C(COC(=O)CC1Sc2ccc(C(F)(F)F)cc2NC1=O)Nc1cccc(Cl)c1Cl. The molecule has 0 aromatic heterocycles. The summed E-state index contributed by atoms with van der Waals surface area (Å²) in [5, 5.41) is 4.26. The van der Waals surface area contributed by atoms with E-state index in [1.54, 1.807) is 6.07 Å². The van der Waals surface area contributed by atoms with Crippen molar-refractivity contribution < 1.29 is 32.3 Å². The summed E-state index contributed by atoms with van der Waals surface area (Å²) < 4.78 is 43.3. The standard InChI is InChI=1S/C19H13Cl2F3N2O4S/c20-10-2-1-3-11(17(10)21)25-15(27)8-30-16(28)7-14-18(29)26-12-6-9(19(22,23)24)4-5-13(12)31-14/h1-6,14H,7-8H2,(H,25,27)(H,26,29). The largest absolute Gasteiger partial charge is 0.456 e. The number of rotatable bonds is 5. The molecular formula is C19H13Cl2F3N2O4S. The number of benzene rings is 2. The van der Waals surface area contributed by atoms with Crippen molar-refractivity contribution in [3.05, 3.63) is 52.0 Å². The van der Waals surface area contributed by atoms with Gasteiger partial charge < -0.3 is 15.4 Å². The summed E-state index contributed by atoms with van der Waals surface area (Å²) in [6, 6.07) is 7.57. The lowest BCUT2D eigenvalue weighted by atomic mass is 10.1. The van der Waals surface area contributed by atoms with E-state index >= 15 is 0 Å². The number of halogens is 5. The van der Waals surface area contributed by atoms with Crippen molar-refractivity contribution in [2.24, 2.45) is 0 Å². The zero-order valence-electron chi connectivity index (χ0n) is 15.4. The molecule has 0 spiro atoms. The van der Waals surface area contributed by atoms with Crippen molar-refractivity contribution in [1.82, 2.24) is 0 Å². The van der Waals surface area contributed by atoms with Crippen molar-refractivity contribution in [2.45, 2.75) is 22.7 Å². The monoisotopic (exact) mass is 492 g/mol. The molecule has 164 valence electrons. The van der Waals surface area contributed by atoms with Crippen molar-refractivity contribution in [3.63, 3.8) is 0 Å². The summed E-state index contributed by atoms with van der Waals surface area (Å²) >= 11 is 12.7. The molecule has 3 rings (SSSR count). The van der Waals surface area contributed by atoms with Gasteiger partial charge in [0.2, 0.25) is 5.91 Å². The fourth-order valence-corrected chi connectivity index (χ4v) is 4.03. The highest BCUT2D eigenvalue weighted by Gasteiger charge is 2.34. The summed E-state index contributed by atoms with van der Waals surface area (Å²) in [7, 11) is 0. The maximum atomic E-state index is 12.8. The van der Waals surface area contributed by atoms with E-state index in [0.717, 1.165) is 23.9 Å². The number of thioether (sulfide) groups is 1. The minimum Gasteiger partial charge on any atom is -0.456 e. The number of nitrogens with one attached hydrogen (secondary N) is 2. The summed E-state index contributed by atoms with van der Waals surface area (Å²) in [5.41, 5.74) is -0.629. The predicted octanol–water partition coefficient (Wildman–Crippen LogP) is 5.00. The van der Waals surface area contributed by atoms with Crippen LogP contribution in [-0.4, -0.2) is 29.6 Å². The van der Waals surface area contributed by atoms with E-state index in [-0.39, 0.29) is 27.8 Å². The highest BCUT2D eigenvalue weighted by Crippen LogP contribution is 2.40. The Hall–Kier alpha value is -2.43. The fraction of sp³-hybridized carbons (Fsp3) is 0.211. The summed E-state index contributed by atoms with van der Waals surface area (Å²) in [6.45, 7) is -0.619. The molecule has 2 aromatic carbocycles. The number of amides is 2.